The number of nitrogens with one attached hydrogen (secondary N) is 1. The lowest BCUT2D eigenvalue weighted by molar-refractivity contribution is -0.384. The largest absolute Gasteiger partial charge is 0.489 e. The molecular weight excluding hydrogens is 358 g/mol. The van der Waals surface area contributed by atoms with Crippen molar-refractivity contribution >= 4 is 23.4 Å². The summed E-state index contributed by atoms with van der Waals surface area (Å²) in [5.74, 6) is 0.309. The Morgan fingerprint density at radius 3 is 2.68 bits per heavy atom. The number of nitro benzene ring substituents is 1. The predicted molar refractivity (Wildman–Crippen MR) is 106 cm³/mol. The van der Waals surface area contributed by atoms with E-state index in [0.717, 1.165) is 5.56 Å². The van der Waals surface area contributed by atoms with Crippen LogP contribution in [0.2, 0.25) is 0 Å². The zero-order valence-corrected chi connectivity index (χ0v) is 14.8. The van der Waals surface area contributed by atoms with E-state index < -0.39 is 4.92 Å². The third kappa shape index (κ3) is 5.50. The first-order valence-electron chi connectivity index (χ1n) is 8.45. The number of nitro groups is 1. The molecule has 0 aliphatic carbocycles. The third-order valence-electron chi connectivity index (χ3n) is 3.76. The molecule has 0 saturated heterocycles. The summed E-state index contributed by atoms with van der Waals surface area (Å²) >= 11 is 0. The predicted octanol–water partition coefficient (Wildman–Crippen LogP) is 4.22. The minimum Gasteiger partial charge on any atom is -0.489 e. The lowest BCUT2D eigenvalue weighted by Gasteiger charge is -2.08. The molecule has 2 aromatic carbocycles. The van der Waals surface area contributed by atoms with Crippen molar-refractivity contribution in [3.05, 3.63) is 100 Å². The van der Waals surface area contributed by atoms with Crippen LogP contribution >= 0.6 is 0 Å². The highest BCUT2D eigenvalue weighted by atomic mass is 16.6. The number of anilines is 1. The summed E-state index contributed by atoms with van der Waals surface area (Å²) in [7, 11) is 0. The van der Waals surface area contributed by atoms with Crippen molar-refractivity contribution in [1.82, 2.24) is 4.98 Å². The maximum absolute atomic E-state index is 12.1. The lowest BCUT2D eigenvalue weighted by Crippen LogP contribution is -2.07. The molecule has 0 saturated carbocycles. The molecule has 7 nitrogen and oxygen atoms in total. The molecule has 0 bridgehead atoms. The van der Waals surface area contributed by atoms with E-state index in [9.17, 15) is 14.9 Å². The van der Waals surface area contributed by atoms with Crippen molar-refractivity contribution in [2.75, 3.05) is 5.32 Å². The van der Waals surface area contributed by atoms with Gasteiger partial charge in [0, 0.05) is 47.9 Å². The zero-order chi connectivity index (χ0) is 19.8. The van der Waals surface area contributed by atoms with Crippen LogP contribution in [0.5, 0.6) is 5.75 Å². The van der Waals surface area contributed by atoms with Crippen molar-refractivity contribution in [2.24, 2.45) is 0 Å². The number of hydrogen-bond acceptors (Lipinski definition) is 5. The van der Waals surface area contributed by atoms with Gasteiger partial charge in [-0.15, -0.1) is 0 Å². The quantitative estimate of drug-likeness (QED) is 0.379. The summed E-state index contributed by atoms with van der Waals surface area (Å²) in [5.41, 5.74) is 2.24. The monoisotopic (exact) mass is 375 g/mol. The number of hydrogen-bond donors (Lipinski definition) is 1. The normalized spacial score (nSPS) is 10.6. The SMILES string of the molecule is O=C(C=Cc1ccc([N+](=O)[O-])cc1)Nc1cccc(OCc2cccnc2)c1. The second-order valence-electron chi connectivity index (χ2n) is 5.85. The van der Waals surface area contributed by atoms with Crippen LogP contribution in [0, 0.1) is 10.1 Å². The average Bonchev–Trinajstić information content (AvgIpc) is 2.72. The molecule has 28 heavy (non-hydrogen) atoms. The van der Waals surface area contributed by atoms with Gasteiger partial charge in [0.1, 0.15) is 12.4 Å². The molecule has 3 rings (SSSR count). The van der Waals surface area contributed by atoms with Crippen molar-refractivity contribution in [2.45, 2.75) is 6.61 Å². The minimum atomic E-state index is -0.469. The van der Waals surface area contributed by atoms with Gasteiger partial charge >= 0.3 is 0 Å². The van der Waals surface area contributed by atoms with E-state index in [1.165, 1.54) is 18.2 Å². The van der Waals surface area contributed by atoms with E-state index in [1.54, 1.807) is 54.9 Å². The minimum absolute atomic E-state index is 0.00435. The highest BCUT2D eigenvalue weighted by Crippen LogP contribution is 2.19. The van der Waals surface area contributed by atoms with E-state index in [1.807, 2.05) is 12.1 Å². The number of amides is 1. The van der Waals surface area contributed by atoms with Gasteiger partial charge in [0.05, 0.1) is 4.92 Å². The molecule has 3 aromatic rings. The summed E-state index contributed by atoms with van der Waals surface area (Å²) in [5, 5.41) is 13.4. The summed E-state index contributed by atoms with van der Waals surface area (Å²) < 4.78 is 5.71. The molecule has 0 radical (unpaired) electrons. The average molecular weight is 375 g/mol. The van der Waals surface area contributed by atoms with Gasteiger partial charge in [0.2, 0.25) is 5.91 Å². The van der Waals surface area contributed by atoms with Crippen LogP contribution in [-0.2, 0) is 11.4 Å². The first-order valence-corrected chi connectivity index (χ1v) is 8.45. The van der Waals surface area contributed by atoms with E-state index in [0.29, 0.717) is 23.6 Å². The van der Waals surface area contributed by atoms with Gasteiger partial charge in [-0.05, 0) is 42.0 Å². The first-order chi connectivity index (χ1) is 13.6. The van der Waals surface area contributed by atoms with Crippen LogP contribution in [0.1, 0.15) is 11.1 Å². The molecular formula is C21H17N3O4. The number of benzene rings is 2. The summed E-state index contributed by atoms with van der Waals surface area (Å²) in [6.45, 7) is 0.380. The van der Waals surface area contributed by atoms with Crippen molar-refractivity contribution < 1.29 is 14.5 Å². The highest BCUT2D eigenvalue weighted by Gasteiger charge is 2.04. The van der Waals surface area contributed by atoms with Crippen molar-refractivity contribution in [1.29, 1.82) is 0 Å². The Morgan fingerprint density at radius 1 is 1.14 bits per heavy atom. The van der Waals surface area contributed by atoms with Gasteiger partial charge in [0.25, 0.3) is 5.69 Å². The number of ether oxygens (including phenoxy) is 1. The van der Waals surface area contributed by atoms with E-state index in [2.05, 4.69) is 10.3 Å². The molecule has 1 amide bonds. The fourth-order valence-electron chi connectivity index (χ4n) is 2.38. The Labute approximate surface area is 161 Å². The number of nitrogens with zero attached hydrogens (tertiary/aromatic N) is 2. The molecule has 7 heteroatoms. The van der Waals surface area contributed by atoms with E-state index in [-0.39, 0.29) is 11.6 Å². The van der Waals surface area contributed by atoms with E-state index >= 15 is 0 Å². The number of carbonyl (C=O) groups excluding carboxylic acids is 1. The summed E-state index contributed by atoms with van der Waals surface area (Å²) in [6, 6.07) is 16.8. The van der Waals surface area contributed by atoms with Crippen LogP contribution in [0.25, 0.3) is 6.08 Å². The van der Waals surface area contributed by atoms with Gasteiger partial charge in [-0.25, -0.2) is 0 Å². The second-order valence-corrected chi connectivity index (χ2v) is 5.85. The standard InChI is InChI=1S/C21H17N3O4/c25-21(11-8-16-6-9-19(10-7-16)24(26)27)23-18-4-1-5-20(13-18)28-15-17-3-2-12-22-14-17/h1-14H,15H2,(H,23,25). The van der Waals surface area contributed by atoms with Gasteiger partial charge in [0.15, 0.2) is 0 Å². The molecule has 1 N–H and O–H groups in total. The second kappa shape index (κ2) is 9.09. The number of non-ortho nitro benzene ring substituents is 1. The van der Waals surface area contributed by atoms with Crippen molar-refractivity contribution in [3.63, 3.8) is 0 Å². The summed E-state index contributed by atoms with van der Waals surface area (Å²) in [4.78, 5) is 26.3. The van der Waals surface area contributed by atoms with Gasteiger partial charge < -0.3 is 10.1 Å². The maximum Gasteiger partial charge on any atom is 0.269 e. The van der Waals surface area contributed by atoms with E-state index in [4.69, 9.17) is 4.74 Å². The third-order valence-corrected chi connectivity index (χ3v) is 3.76. The van der Waals surface area contributed by atoms with Gasteiger partial charge in [-0.3, -0.25) is 19.9 Å². The number of aromatic nitrogens is 1. The molecule has 140 valence electrons. The first kappa shape index (κ1) is 18.8. The zero-order valence-electron chi connectivity index (χ0n) is 14.8. The van der Waals surface area contributed by atoms with Crippen molar-refractivity contribution in [3.8, 4) is 5.75 Å². The Morgan fingerprint density at radius 2 is 1.96 bits per heavy atom. The van der Waals surface area contributed by atoms with Crippen LogP contribution in [0.4, 0.5) is 11.4 Å². The van der Waals surface area contributed by atoms with Gasteiger partial charge in [-0.2, -0.15) is 0 Å². The van der Waals surface area contributed by atoms with Gasteiger partial charge in [-0.1, -0.05) is 12.1 Å². The Kier molecular flexibility index (Phi) is 6.10. The summed E-state index contributed by atoms with van der Waals surface area (Å²) in [6.07, 6.45) is 6.38. The smallest absolute Gasteiger partial charge is 0.269 e. The topological polar surface area (TPSA) is 94.4 Å². The molecule has 0 unspecified atom stereocenters. The molecule has 0 aliphatic rings. The Hall–Kier alpha value is -4.00. The molecule has 0 aliphatic heterocycles. The maximum atomic E-state index is 12.1. The van der Waals surface area contributed by atoms with Crippen LogP contribution in [0.15, 0.2) is 79.1 Å². The molecule has 0 atom stereocenters. The lowest BCUT2D eigenvalue weighted by atomic mass is 10.2. The van der Waals surface area contributed by atoms with Crippen LogP contribution < -0.4 is 10.1 Å². The molecule has 1 heterocycles. The molecule has 0 fully saturated rings. The Bertz CT molecular complexity index is 986. The number of carbonyl (C=O) groups is 1. The fourth-order valence-corrected chi connectivity index (χ4v) is 2.38. The Balaban J connectivity index is 1.57. The highest BCUT2D eigenvalue weighted by molar-refractivity contribution is 6.02. The number of rotatable bonds is 7. The number of pyridine rings is 1. The molecule has 0 spiro atoms. The fraction of sp³-hybridized carbons (Fsp3) is 0.0476. The molecule has 1 aromatic heterocycles. The van der Waals surface area contributed by atoms with Crippen LogP contribution in [0.3, 0.4) is 0 Å². The van der Waals surface area contributed by atoms with Crippen LogP contribution in [-0.4, -0.2) is 15.8 Å².